The maximum absolute atomic E-state index is 13.0. The number of hydrogen-bond donors (Lipinski definition) is 0. The maximum atomic E-state index is 13.0. The van der Waals surface area contributed by atoms with Gasteiger partial charge in [-0.25, -0.2) is 0 Å². The third-order valence-electron chi connectivity index (χ3n) is 5.31. The third-order valence-corrected chi connectivity index (χ3v) is 5.31. The van der Waals surface area contributed by atoms with Gasteiger partial charge >= 0.3 is 0 Å². The Morgan fingerprint density at radius 3 is 2.80 bits per heavy atom. The molecule has 2 aliphatic heterocycles. The van der Waals surface area contributed by atoms with E-state index < -0.39 is 0 Å². The summed E-state index contributed by atoms with van der Waals surface area (Å²) in [6.45, 7) is 2.32. The number of carbonyl (C=O) groups is 1. The Bertz CT molecular complexity index is 714. The minimum absolute atomic E-state index is 0.0942. The van der Waals surface area contributed by atoms with Gasteiger partial charge in [-0.2, -0.15) is 15.0 Å². The zero-order valence-electron chi connectivity index (χ0n) is 14.4. The standard InChI is InChI=1S/C19H24N4O2/c24-18(22-11-5-4-9-19(22)10-6-12-25-15-19)13-16-14-20-23(21-16)17-7-2-1-3-8-17/h1-3,7-8,14H,4-6,9-13,15H2. The predicted octanol–water partition coefficient (Wildman–Crippen LogP) is 2.37. The lowest BCUT2D eigenvalue weighted by atomic mass is 9.82. The van der Waals surface area contributed by atoms with Crippen molar-refractivity contribution in [3.63, 3.8) is 0 Å². The van der Waals surface area contributed by atoms with Gasteiger partial charge in [-0.05, 0) is 44.2 Å². The van der Waals surface area contributed by atoms with E-state index in [0.717, 1.165) is 44.5 Å². The Labute approximate surface area is 147 Å². The van der Waals surface area contributed by atoms with Crippen molar-refractivity contribution in [1.82, 2.24) is 19.9 Å². The Hall–Kier alpha value is -2.21. The average molecular weight is 340 g/mol. The summed E-state index contributed by atoms with van der Waals surface area (Å²) in [7, 11) is 0. The Kier molecular flexibility index (Phi) is 4.53. The summed E-state index contributed by atoms with van der Waals surface area (Å²) in [5.74, 6) is 0.144. The van der Waals surface area contributed by atoms with Gasteiger partial charge in [0.2, 0.25) is 5.91 Å². The Morgan fingerprint density at radius 2 is 2.00 bits per heavy atom. The summed E-state index contributed by atoms with van der Waals surface area (Å²) >= 11 is 0. The molecule has 0 radical (unpaired) electrons. The van der Waals surface area contributed by atoms with Gasteiger partial charge in [0.05, 0.1) is 36.1 Å². The van der Waals surface area contributed by atoms with E-state index in [-0.39, 0.29) is 11.4 Å². The fourth-order valence-electron chi connectivity index (χ4n) is 4.04. The summed E-state index contributed by atoms with van der Waals surface area (Å²) in [5, 5.41) is 8.77. The van der Waals surface area contributed by atoms with Crippen LogP contribution in [0.5, 0.6) is 0 Å². The van der Waals surface area contributed by atoms with E-state index in [9.17, 15) is 4.79 Å². The highest BCUT2D eigenvalue weighted by Gasteiger charge is 2.42. The zero-order valence-corrected chi connectivity index (χ0v) is 14.4. The van der Waals surface area contributed by atoms with Crippen LogP contribution in [0.25, 0.3) is 5.69 Å². The number of aromatic nitrogens is 3. The number of carbonyl (C=O) groups excluding carboxylic acids is 1. The number of rotatable bonds is 3. The number of para-hydroxylation sites is 1. The molecule has 1 aromatic carbocycles. The number of benzene rings is 1. The van der Waals surface area contributed by atoms with Crippen molar-refractivity contribution in [3.8, 4) is 5.69 Å². The summed E-state index contributed by atoms with van der Waals surface area (Å²) in [6.07, 6.45) is 7.38. The first-order valence-corrected chi connectivity index (χ1v) is 9.12. The molecule has 2 fully saturated rings. The molecule has 0 bridgehead atoms. The molecule has 1 atom stereocenters. The van der Waals surface area contributed by atoms with E-state index in [2.05, 4.69) is 15.1 Å². The van der Waals surface area contributed by atoms with Crippen molar-refractivity contribution < 1.29 is 9.53 Å². The van der Waals surface area contributed by atoms with E-state index in [0.29, 0.717) is 18.7 Å². The Balaban J connectivity index is 1.48. The molecular formula is C19H24N4O2. The van der Waals surface area contributed by atoms with Crippen LogP contribution in [-0.4, -0.2) is 51.1 Å². The molecule has 0 N–H and O–H groups in total. The molecule has 1 spiro atoms. The van der Waals surface area contributed by atoms with Crippen LogP contribution in [0.3, 0.4) is 0 Å². The molecule has 25 heavy (non-hydrogen) atoms. The van der Waals surface area contributed by atoms with Crippen molar-refractivity contribution in [2.45, 2.75) is 44.1 Å². The van der Waals surface area contributed by atoms with E-state index >= 15 is 0 Å². The molecule has 3 heterocycles. The molecule has 0 saturated carbocycles. The van der Waals surface area contributed by atoms with Gasteiger partial charge in [-0.1, -0.05) is 18.2 Å². The average Bonchev–Trinajstić information content (AvgIpc) is 3.12. The molecule has 1 unspecified atom stereocenters. The minimum atomic E-state index is -0.0942. The van der Waals surface area contributed by atoms with Crippen LogP contribution >= 0.6 is 0 Å². The molecule has 2 saturated heterocycles. The van der Waals surface area contributed by atoms with E-state index in [4.69, 9.17) is 4.74 Å². The van der Waals surface area contributed by atoms with Gasteiger partial charge in [0.25, 0.3) is 0 Å². The fourth-order valence-corrected chi connectivity index (χ4v) is 4.04. The normalized spacial score (nSPS) is 23.8. The van der Waals surface area contributed by atoms with Crippen LogP contribution in [0, 0.1) is 0 Å². The second kappa shape index (κ2) is 6.96. The van der Waals surface area contributed by atoms with Gasteiger partial charge in [-0.15, -0.1) is 0 Å². The van der Waals surface area contributed by atoms with Crippen LogP contribution in [0.1, 0.15) is 37.8 Å². The van der Waals surface area contributed by atoms with E-state index in [1.165, 1.54) is 6.42 Å². The molecule has 4 rings (SSSR count). The maximum Gasteiger partial charge on any atom is 0.229 e. The highest BCUT2D eigenvalue weighted by molar-refractivity contribution is 5.79. The summed E-state index contributed by atoms with van der Waals surface area (Å²) < 4.78 is 5.73. The quantitative estimate of drug-likeness (QED) is 0.861. The molecule has 6 heteroatoms. The topological polar surface area (TPSA) is 60.2 Å². The van der Waals surface area contributed by atoms with Crippen LogP contribution in [-0.2, 0) is 16.0 Å². The first-order valence-electron chi connectivity index (χ1n) is 9.12. The number of nitrogens with zero attached hydrogens (tertiary/aromatic N) is 4. The van der Waals surface area contributed by atoms with E-state index in [1.54, 1.807) is 11.0 Å². The van der Waals surface area contributed by atoms with Gasteiger partial charge in [0, 0.05) is 13.2 Å². The fraction of sp³-hybridized carbons (Fsp3) is 0.526. The monoisotopic (exact) mass is 340 g/mol. The van der Waals surface area contributed by atoms with Crippen LogP contribution in [0.2, 0.25) is 0 Å². The van der Waals surface area contributed by atoms with Gasteiger partial charge in [0.1, 0.15) is 0 Å². The van der Waals surface area contributed by atoms with Crippen molar-refractivity contribution in [2.75, 3.05) is 19.8 Å². The molecule has 1 amide bonds. The highest BCUT2D eigenvalue weighted by Crippen LogP contribution is 2.35. The second-order valence-corrected chi connectivity index (χ2v) is 7.02. The summed E-state index contributed by atoms with van der Waals surface area (Å²) in [4.78, 5) is 16.6. The summed E-state index contributed by atoms with van der Waals surface area (Å²) in [6, 6.07) is 9.75. The van der Waals surface area contributed by atoms with E-state index in [1.807, 2.05) is 30.3 Å². The minimum Gasteiger partial charge on any atom is -0.379 e. The first kappa shape index (κ1) is 16.3. The first-order chi connectivity index (χ1) is 12.3. The zero-order chi connectivity index (χ0) is 17.1. The number of hydrogen-bond acceptors (Lipinski definition) is 4. The number of piperidine rings is 1. The summed E-state index contributed by atoms with van der Waals surface area (Å²) in [5.41, 5.74) is 1.52. The van der Waals surface area contributed by atoms with Crippen LogP contribution in [0.4, 0.5) is 0 Å². The lowest BCUT2D eigenvalue weighted by molar-refractivity contribution is -0.147. The SMILES string of the molecule is O=C(Cc1cnn(-c2ccccc2)n1)N1CCCCC12CCCOC2. The molecule has 0 aliphatic carbocycles. The van der Waals surface area contributed by atoms with Crippen molar-refractivity contribution in [1.29, 1.82) is 0 Å². The lowest BCUT2D eigenvalue weighted by Crippen LogP contribution is -2.59. The Morgan fingerprint density at radius 1 is 1.16 bits per heavy atom. The van der Waals surface area contributed by atoms with Crippen molar-refractivity contribution >= 4 is 5.91 Å². The molecule has 2 aliphatic rings. The third kappa shape index (κ3) is 3.31. The lowest BCUT2D eigenvalue weighted by Gasteiger charge is -2.49. The van der Waals surface area contributed by atoms with Crippen molar-refractivity contribution in [2.24, 2.45) is 0 Å². The molecule has 6 nitrogen and oxygen atoms in total. The number of likely N-dealkylation sites (tertiary alicyclic amines) is 1. The highest BCUT2D eigenvalue weighted by atomic mass is 16.5. The van der Waals surface area contributed by atoms with Gasteiger partial charge in [0.15, 0.2) is 0 Å². The predicted molar refractivity (Wildman–Crippen MR) is 93.4 cm³/mol. The largest absolute Gasteiger partial charge is 0.379 e. The molecule has 2 aromatic rings. The smallest absolute Gasteiger partial charge is 0.229 e. The molecule has 132 valence electrons. The number of ether oxygens (including phenoxy) is 1. The second-order valence-electron chi connectivity index (χ2n) is 7.02. The van der Waals surface area contributed by atoms with Crippen LogP contribution in [0.15, 0.2) is 36.5 Å². The van der Waals surface area contributed by atoms with Crippen molar-refractivity contribution in [3.05, 3.63) is 42.2 Å². The number of amides is 1. The molecule has 1 aromatic heterocycles. The van der Waals surface area contributed by atoms with Crippen LogP contribution < -0.4 is 0 Å². The van der Waals surface area contributed by atoms with Gasteiger partial charge in [-0.3, -0.25) is 4.79 Å². The molecular weight excluding hydrogens is 316 g/mol. The van der Waals surface area contributed by atoms with Gasteiger partial charge < -0.3 is 9.64 Å².